The van der Waals surface area contributed by atoms with Gasteiger partial charge in [-0.3, -0.25) is 29.5 Å². The summed E-state index contributed by atoms with van der Waals surface area (Å²) in [7, 11) is 0. The van der Waals surface area contributed by atoms with Crippen LogP contribution in [0, 0.1) is 5.92 Å². The lowest BCUT2D eigenvalue weighted by Gasteiger charge is -2.47. The Morgan fingerprint density at radius 1 is 0.947 bits per heavy atom. The normalized spacial score (nSPS) is 25.7. The van der Waals surface area contributed by atoms with E-state index in [1.54, 1.807) is 4.90 Å². The molecule has 1 unspecified atom stereocenters. The number of carbonyl (C=O) groups is 3. The largest absolute Gasteiger partial charge is 0.489 e. The molecule has 6 aliphatic rings. The number of amides is 3. The van der Waals surface area contributed by atoms with E-state index in [4.69, 9.17) is 14.7 Å². The molecule has 13 nitrogen and oxygen atoms in total. The molecule has 2 aromatic heterocycles. The summed E-state index contributed by atoms with van der Waals surface area (Å²) in [4.78, 5) is 61.5. The summed E-state index contributed by atoms with van der Waals surface area (Å²) in [6, 6.07) is 11.1. The first kappa shape index (κ1) is 36.2. The molecule has 57 heavy (non-hydrogen) atoms. The number of nitrogens with zero attached hydrogens (tertiary/aromatic N) is 7. The number of ether oxygens (including phenoxy) is 1. The Kier molecular flexibility index (Phi) is 9.11. The Morgan fingerprint density at radius 3 is 2.54 bits per heavy atom. The number of piperazine rings is 1. The quantitative estimate of drug-likeness (QED) is 0.265. The number of rotatable bonds is 7. The Morgan fingerprint density at radius 2 is 1.75 bits per heavy atom. The molecule has 3 amide bonds. The summed E-state index contributed by atoms with van der Waals surface area (Å²) in [6.45, 7) is 7.94. The summed E-state index contributed by atoms with van der Waals surface area (Å²) in [5.41, 5.74) is 6.37. The summed E-state index contributed by atoms with van der Waals surface area (Å²) in [6.07, 6.45) is 4.52. The average Bonchev–Trinajstić information content (AvgIpc) is 3.75. The Balaban J connectivity index is 0.762. The number of halogens is 2. The molecule has 0 bridgehead atoms. The molecule has 6 aliphatic heterocycles. The van der Waals surface area contributed by atoms with Gasteiger partial charge in [-0.05, 0) is 62.3 Å². The lowest BCUT2D eigenvalue weighted by molar-refractivity contribution is -0.136. The number of H-pyrrole nitrogens is 1. The van der Waals surface area contributed by atoms with Gasteiger partial charge in [-0.15, -0.1) is 0 Å². The third-order valence-electron chi connectivity index (χ3n) is 13.2. The SMILES string of the molecule is C[C@@H]1Cc2c([nH]c3ccccc23)[C@@H](c2cnc(N3CCC(CN4CCN5c6ccc7c(c6OC[C@H]5C4)CN(C4CCC(=O)NC4=O)C7=O)CC3)nc2)N1CC(F)F. The molecule has 8 heterocycles. The number of imide groups is 1. The van der Waals surface area contributed by atoms with Crippen molar-refractivity contribution < 1.29 is 27.9 Å². The fourth-order valence-corrected chi connectivity index (χ4v) is 10.3. The molecule has 3 saturated heterocycles. The van der Waals surface area contributed by atoms with Gasteiger partial charge in [0.1, 0.15) is 18.4 Å². The van der Waals surface area contributed by atoms with Gasteiger partial charge in [-0.1, -0.05) is 18.2 Å². The highest BCUT2D eigenvalue weighted by atomic mass is 19.3. The van der Waals surface area contributed by atoms with Crippen LogP contribution < -0.4 is 19.9 Å². The Bertz CT molecular complexity index is 2220. The van der Waals surface area contributed by atoms with Crippen LogP contribution in [0.25, 0.3) is 10.9 Å². The van der Waals surface area contributed by atoms with Gasteiger partial charge in [0, 0.05) is 97.4 Å². The zero-order chi connectivity index (χ0) is 38.9. The number of aromatic amines is 1. The number of carbonyl (C=O) groups excluding carboxylic acids is 3. The zero-order valence-corrected chi connectivity index (χ0v) is 32.0. The minimum absolute atomic E-state index is 0.0635. The molecule has 15 heteroatoms. The maximum absolute atomic E-state index is 13.9. The highest BCUT2D eigenvalue weighted by Crippen LogP contribution is 2.44. The third-order valence-corrected chi connectivity index (χ3v) is 13.2. The van der Waals surface area contributed by atoms with E-state index in [1.165, 1.54) is 5.56 Å². The van der Waals surface area contributed by atoms with E-state index in [-0.39, 0.29) is 42.9 Å². The summed E-state index contributed by atoms with van der Waals surface area (Å²) in [5.74, 6) is 1.06. The van der Waals surface area contributed by atoms with E-state index in [0.717, 1.165) is 91.3 Å². The number of nitrogens with one attached hydrogen (secondary N) is 2. The van der Waals surface area contributed by atoms with Crippen molar-refractivity contribution in [3.8, 4) is 5.75 Å². The summed E-state index contributed by atoms with van der Waals surface area (Å²) < 4.78 is 34.2. The number of aromatic nitrogens is 3. The fraction of sp³-hybridized carbons (Fsp3) is 0.500. The molecular formula is C42H47F2N9O4. The van der Waals surface area contributed by atoms with Gasteiger partial charge in [-0.2, -0.15) is 0 Å². The number of anilines is 2. The fourth-order valence-electron chi connectivity index (χ4n) is 10.3. The molecule has 10 rings (SSSR count). The molecule has 298 valence electrons. The van der Waals surface area contributed by atoms with E-state index in [1.807, 2.05) is 54.5 Å². The van der Waals surface area contributed by atoms with Crippen LogP contribution in [-0.2, 0) is 22.6 Å². The van der Waals surface area contributed by atoms with Gasteiger partial charge in [0.05, 0.1) is 30.9 Å². The van der Waals surface area contributed by atoms with Crippen LogP contribution in [0.15, 0.2) is 48.8 Å². The molecule has 0 aliphatic carbocycles. The van der Waals surface area contributed by atoms with E-state index < -0.39 is 18.4 Å². The van der Waals surface area contributed by atoms with Crippen LogP contribution >= 0.6 is 0 Å². The third kappa shape index (κ3) is 6.39. The van der Waals surface area contributed by atoms with Gasteiger partial charge in [0.2, 0.25) is 17.8 Å². The number of hydrogen-bond donors (Lipinski definition) is 2. The lowest BCUT2D eigenvalue weighted by Crippen LogP contribution is -2.58. The van der Waals surface area contributed by atoms with Gasteiger partial charge in [0.25, 0.3) is 12.3 Å². The summed E-state index contributed by atoms with van der Waals surface area (Å²) >= 11 is 0. The van der Waals surface area contributed by atoms with Crippen molar-refractivity contribution in [1.29, 1.82) is 0 Å². The van der Waals surface area contributed by atoms with Crippen molar-refractivity contribution in [1.82, 2.24) is 35.0 Å². The van der Waals surface area contributed by atoms with E-state index in [2.05, 4.69) is 31.1 Å². The van der Waals surface area contributed by atoms with Crippen molar-refractivity contribution in [3.63, 3.8) is 0 Å². The van der Waals surface area contributed by atoms with Crippen molar-refractivity contribution in [2.45, 2.75) is 76.2 Å². The van der Waals surface area contributed by atoms with Crippen molar-refractivity contribution in [2.75, 3.05) is 62.2 Å². The molecule has 2 aromatic carbocycles. The second kappa shape index (κ2) is 14.3. The standard InChI is InChI=1S/C42H47F2N9O4/c1-24-16-30-28-4-2-3-5-32(28)47-37(30)38(52(24)22-35(43)44)26-17-45-42(46-18-26)50-12-10-25(11-13-50)19-49-14-15-51-27(20-49)23-57-39-31-21-53(34-8-9-36(54)48-40(34)55)41(56)29(31)6-7-33(39)51/h2-7,17-18,24-25,27,34-35,38,47H,8-16,19-23H2,1H3,(H,48,54,55)/t24-,27-,34?,38-/m1/s1. The average molecular weight is 780 g/mol. The maximum atomic E-state index is 13.9. The van der Waals surface area contributed by atoms with Crippen LogP contribution in [0.1, 0.15) is 71.4 Å². The van der Waals surface area contributed by atoms with E-state index in [9.17, 15) is 23.2 Å². The van der Waals surface area contributed by atoms with Crippen molar-refractivity contribution >= 4 is 40.3 Å². The predicted octanol–water partition coefficient (Wildman–Crippen LogP) is 4.12. The van der Waals surface area contributed by atoms with Gasteiger partial charge in [-0.25, -0.2) is 18.7 Å². The molecule has 2 N–H and O–H groups in total. The van der Waals surface area contributed by atoms with Crippen LogP contribution in [0.2, 0.25) is 0 Å². The molecule has 0 spiro atoms. The molecule has 3 fully saturated rings. The van der Waals surface area contributed by atoms with E-state index >= 15 is 0 Å². The molecule has 4 aromatic rings. The number of alkyl halides is 2. The van der Waals surface area contributed by atoms with Crippen molar-refractivity contribution in [3.05, 3.63) is 76.7 Å². The molecule has 0 radical (unpaired) electrons. The molecule has 4 atom stereocenters. The number of piperidine rings is 2. The number of para-hydroxylation sites is 1. The highest BCUT2D eigenvalue weighted by molar-refractivity contribution is 6.06. The van der Waals surface area contributed by atoms with Gasteiger partial charge in [0.15, 0.2) is 0 Å². The van der Waals surface area contributed by atoms with Gasteiger partial charge >= 0.3 is 0 Å². The van der Waals surface area contributed by atoms with Crippen molar-refractivity contribution in [2.24, 2.45) is 5.92 Å². The smallest absolute Gasteiger partial charge is 0.255 e. The maximum Gasteiger partial charge on any atom is 0.255 e. The topological polar surface area (TPSA) is 130 Å². The number of benzene rings is 2. The Labute approximate surface area is 329 Å². The van der Waals surface area contributed by atoms with Crippen LogP contribution in [0.3, 0.4) is 0 Å². The highest BCUT2D eigenvalue weighted by Gasteiger charge is 2.43. The van der Waals surface area contributed by atoms with Crippen LogP contribution in [0.5, 0.6) is 5.75 Å². The first-order valence-corrected chi connectivity index (χ1v) is 20.3. The molecule has 0 saturated carbocycles. The second-order valence-corrected chi connectivity index (χ2v) is 16.6. The second-order valence-electron chi connectivity index (χ2n) is 16.6. The van der Waals surface area contributed by atoms with Gasteiger partial charge < -0.3 is 24.4 Å². The lowest BCUT2D eigenvalue weighted by atomic mass is 9.89. The Hall–Kier alpha value is -5.15. The summed E-state index contributed by atoms with van der Waals surface area (Å²) in [5, 5.41) is 3.52. The minimum Gasteiger partial charge on any atom is -0.489 e. The monoisotopic (exact) mass is 779 g/mol. The first-order valence-electron chi connectivity index (χ1n) is 20.3. The van der Waals surface area contributed by atoms with E-state index in [0.29, 0.717) is 43.4 Å². The predicted molar refractivity (Wildman–Crippen MR) is 209 cm³/mol. The number of hydrogen-bond acceptors (Lipinski definition) is 10. The number of fused-ring (bicyclic) bond motifs is 8. The van der Waals surface area contributed by atoms with Crippen LogP contribution in [-0.4, -0.2) is 124 Å². The molecular weight excluding hydrogens is 733 g/mol. The van der Waals surface area contributed by atoms with Crippen LogP contribution in [0.4, 0.5) is 20.4 Å². The minimum atomic E-state index is -2.45. The zero-order valence-electron chi connectivity index (χ0n) is 32.0. The first-order chi connectivity index (χ1) is 27.7.